The molecule has 23 heavy (non-hydrogen) atoms. The van der Waals surface area contributed by atoms with Crippen molar-refractivity contribution in [1.29, 1.82) is 0 Å². The molecule has 1 N–H and O–H groups in total. The van der Waals surface area contributed by atoms with Crippen molar-refractivity contribution in [3.05, 3.63) is 35.8 Å². The van der Waals surface area contributed by atoms with Crippen LogP contribution in [0.3, 0.4) is 0 Å². The van der Waals surface area contributed by atoms with Crippen LogP contribution in [0.2, 0.25) is 0 Å². The van der Waals surface area contributed by atoms with Gasteiger partial charge in [-0.1, -0.05) is 0 Å². The molecule has 2 heterocycles. The van der Waals surface area contributed by atoms with Crippen molar-refractivity contribution < 1.29 is 17.9 Å². The van der Waals surface area contributed by atoms with Gasteiger partial charge in [-0.15, -0.1) is 0 Å². The van der Waals surface area contributed by atoms with Crippen LogP contribution in [-0.4, -0.2) is 40.9 Å². The molecule has 0 atom stereocenters. The number of aromatic nitrogens is 3. The molecule has 0 spiro atoms. The van der Waals surface area contributed by atoms with Crippen molar-refractivity contribution in [1.82, 2.24) is 15.0 Å². The SMILES string of the molecule is Cc1nc(-c2cccnc2)nc(NCCOCC(F)(F)F)c1C. The number of nitrogens with one attached hydrogen (secondary N) is 1. The highest BCUT2D eigenvalue weighted by Crippen LogP contribution is 2.21. The lowest BCUT2D eigenvalue weighted by atomic mass is 10.2. The van der Waals surface area contributed by atoms with Gasteiger partial charge in [0, 0.05) is 35.8 Å². The van der Waals surface area contributed by atoms with Gasteiger partial charge in [0.15, 0.2) is 5.82 Å². The lowest BCUT2D eigenvalue weighted by molar-refractivity contribution is -0.172. The van der Waals surface area contributed by atoms with E-state index in [1.807, 2.05) is 19.9 Å². The van der Waals surface area contributed by atoms with Gasteiger partial charge in [-0.2, -0.15) is 13.2 Å². The summed E-state index contributed by atoms with van der Waals surface area (Å²) in [6.07, 6.45) is -1.00. The topological polar surface area (TPSA) is 59.9 Å². The lowest BCUT2D eigenvalue weighted by Gasteiger charge is -2.13. The summed E-state index contributed by atoms with van der Waals surface area (Å²) in [6.45, 7) is 2.60. The maximum absolute atomic E-state index is 12.0. The van der Waals surface area contributed by atoms with Gasteiger partial charge in [-0.3, -0.25) is 4.98 Å². The Morgan fingerprint density at radius 2 is 2.00 bits per heavy atom. The largest absolute Gasteiger partial charge is 0.411 e. The average Bonchev–Trinajstić information content (AvgIpc) is 2.50. The van der Waals surface area contributed by atoms with Crippen LogP contribution in [0, 0.1) is 13.8 Å². The van der Waals surface area contributed by atoms with E-state index in [0.29, 0.717) is 11.6 Å². The third kappa shape index (κ3) is 5.17. The molecule has 0 radical (unpaired) electrons. The Hall–Kier alpha value is -2.22. The number of halogens is 3. The molecule has 0 bridgehead atoms. The van der Waals surface area contributed by atoms with Crippen molar-refractivity contribution in [2.75, 3.05) is 25.1 Å². The Morgan fingerprint density at radius 1 is 1.22 bits per heavy atom. The summed E-state index contributed by atoms with van der Waals surface area (Å²) in [4.78, 5) is 12.8. The van der Waals surface area contributed by atoms with Gasteiger partial charge in [-0.25, -0.2) is 9.97 Å². The van der Waals surface area contributed by atoms with E-state index in [0.717, 1.165) is 16.8 Å². The van der Waals surface area contributed by atoms with Gasteiger partial charge in [-0.05, 0) is 26.0 Å². The van der Waals surface area contributed by atoms with Crippen LogP contribution in [0.15, 0.2) is 24.5 Å². The second kappa shape index (κ2) is 7.36. The quantitative estimate of drug-likeness (QED) is 0.826. The van der Waals surface area contributed by atoms with E-state index in [-0.39, 0.29) is 13.2 Å². The summed E-state index contributed by atoms with van der Waals surface area (Å²) in [5.74, 6) is 1.09. The summed E-state index contributed by atoms with van der Waals surface area (Å²) in [6, 6.07) is 3.62. The van der Waals surface area contributed by atoms with E-state index in [1.54, 1.807) is 18.5 Å². The van der Waals surface area contributed by atoms with Crippen LogP contribution in [0.1, 0.15) is 11.3 Å². The molecule has 0 aliphatic carbocycles. The molecule has 0 unspecified atom stereocenters. The van der Waals surface area contributed by atoms with Gasteiger partial charge >= 0.3 is 6.18 Å². The molecule has 0 aromatic carbocycles. The van der Waals surface area contributed by atoms with E-state index in [1.165, 1.54) is 0 Å². The highest BCUT2D eigenvalue weighted by atomic mass is 19.4. The zero-order chi connectivity index (χ0) is 16.9. The predicted octanol–water partition coefficient (Wildman–Crippen LogP) is 3.15. The predicted molar refractivity (Wildman–Crippen MR) is 80.1 cm³/mol. The van der Waals surface area contributed by atoms with E-state index >= 15 is 0 Å². The zero-order valence-corrected chi connectivity index (χ0v) is 12.8. The standard InChI is InChI=1S/C15H17F3N4O/c1-10-11(2)21-14(12-4-3-5-19-8-12)22-13(10)20-6-7-23-9-15(16,17)18/h3-5,8H,6-7,9H2,1-2H3,(H,20,21,22). The monoisotopic (exact) mass is 326 g/mol. The van der Waals surface area contributed by atoms with Crippen molar-refractivity contribution in [3.8, 4) is 11.4 Å². The molecule has 0 saturated heterocycles. The summed E-state index contributed by atoms with van der Waals surface area (Å²) in [7, 11) is 0. The molecule has 0 fully saturated rings. The fourth-order valence-electron chi connectivity index (χ4n) is 1.85. The third-order valence-electron chi connectivity index (χ3n) is 3.11. The zero-order valence-electron chi connectivity index (χ0n) is 12.8. The first-order valence-electron chi connectivity index (χ1n) is 7.01. The van der Waals surface area contributed by atoms with Crippen LogP contribution < -0.4 is 5.32 Å². The van der Waals surface area contributed by atoms with Crippen molar-refractivity contribution in [2.24, 2.45) is 0 Å². The van der Waals surface area contributed by atoms with E-state index in [9.17, 15) is 13.2 Å². The minimum Gasteiger partial charge on any atom is -0.370 e. The average molecular weight is 326 g/mol. The van der Waals surface area contributed by atoms with Crippen molar-refractivity contribution in [3.63, 3.8) is 0 Å². The Balaban J connectivity index is 2.03. The van der Waals surface area contributed by atoms with Gasteiger partial charge in [0.25, 0.3) is 0 Å². The van der Waals surface area contributed by atoms with Crippen LogP contribution in [0.5, 0.6) is 0 Å². The molecule has 0 saturated carbocycles. The fraction of sp³-hybridized carbons (Fsp3) is 0.400. The van der Waals surface area contributed by atoms with E-state index in [4.69, 9.17) is 0 Å². The van der Waals surface area contributed by atoms with Crippen LogP contribution in [-0.2, 0) is 4.74 Å². The summed E-state index contributed by atoms with van der Waals surface area (Å²) < 4.78 is 40.5. The van der Waals surface area contributed by atoms with Gasteiger partial charge < -0.3 is 10.1 Å². The number of aryl methyl sites for hydroxylation is 1. The normalized spacial score (nSPS) is 11.5. The maximum Gasteiger partial charge on any atom is 0.411 e. The van der Waals surface area contributed by atoms with Gasteiger partial charge in [0.1, 0.15) is 12.4 Å². The number of pyridine rings is 1. The number of ether oxygens (including phenoxy) is 1. The minimum atomic E-state index is -4.31. The molecular weight excluding hydrogens is 309 g/mol. The summed E-state index contributed by atoms with van der Waals surface area (Å²) >= 11 is 0. The van der Waals surface area contributed by atoms with E-state index < -0.39 is 12.8 Å². The maximum atomic E-state index is 12.0. The number of anilines is 1. The van der Waals surface area contributed by atoms with Gasteiger partial charge in [0.2, 0.25) is 0 Å². The first kappa shape index (κ1) is 17.1. The number of hydrogen-bond acceptors (Lipinski definition) is 5. The Kier molecular flexibility index (Phi) is 5.49. The van der Waals surface area contributed by atoms with Crippen molar-refractivity contribution in [2.45, 2.75) is 20.0 Å². The second-order valence-corrected chi connectivity index (χ2v) is 4.94. The number of nitrogens with zero attached hydrogens (tertiary/aromatic N) is 3. The molecule has 8 heteroatoms. The van der Waals surface area contributed by atoms with Gasteiger partial charge in [0.05, 0.1) is 6.61 Å². The smallest absolute Gasteiger partial charge is 0.370 e. The molecule has 2 rings (SSSR count). The van der Waals surface area contributed by atoms with E-state index in [2.05, 4.69) is 25.0 Å². The number of alkyl halides is 3. The van der Waals surface area contributed by atoms with Crippen LogP contribution in [0.25, 0.3) is 11.4 Å². The number of hydrogen-bond donors (Lipinski definition) is 1. The second-order valence-electron chi connectivity index (χ2n) is 4.94. The molecule has 0 aliphatic heterocycles. The molecule has 2 aromatic heterocycles. The molecule has 2 aromatic rings. The Morgan fingerprint density at radius 3 is 2.65 bits per heavy atom. The highest BCUT2D eigenvalue weighted by Gasteiger charge is 2.27. The molecular formula is C15H17F3N4O. The molecule has 5 nitrogen and oxygen atoms in total. The first-order chi connectivity index (χ1) is 10.9. The third-order valence-corrected chi connectivity index (χ3v) is 3.11. The van der Waals surface area contributed by atoms with Crippen LogP contribution >= 0.6 is 0 Å². The molecule has 0 amide bonds. The molecule has 0 aliphatic rings. The van der Waals surface area contributed by atoms with Crippen LogP contribution in [0.4, 0.5) is 19.0 Å². The first-order valence-corrected chi connectivity index (χ1v) is 7.01. The fourth-order valence-corrected chi connectivity index (χ4v) is 1.85. The Labute approximate surface area is 131 Å². The summed E-state index contributed by atoms with van der Waals surface area (Å²) in [5, 5.41) is 2.99. The Bertz CT molecular complexity index is 647. The minimum absolute atomic E-state index is 0.0653. The molecule has 124 valence electrons. The lowest BCUT2D eigenvalue weighted by Crippen LogP contribution is -2.20. The highest BCUT2D eigenvalue weighted by molar-refractivity contribution is 5.58. The van der Waals surface area contributed by atoms with Crippen molar-refractivity contribution >= 4 is 5.82 Å². The number of rotatable bonds is 6. The summed E-state index contributed by atoms with van der Waals surface area (Å²) in [5.41, 5.74) is 2.40.